The van der Waals surface area contributed by atoms with Crippen LogP contribution < -0.4 is 5.32 Å². The standard InChI is InChI=1S/C16H19N3O/c1-12-4-2-3-5-15(12)19-16(20)14(11-17)10-13-6-8-18-9-7-13/h6-10,12,15H,2-5H2,1H3,(H,19,20)/b14-10+/t12-,15+/m0/s1. The molecule has 2 rings (SSSR count). The lowest BCUT2D eigenvalue weighted by atomic mass is 9.86. The van der Waals surface area contributed by atoms with Crippen LogP contribution in [-0.4, -0.2) is 16.9 Å². The van der Waals surface area contributed by atoms with Gasteiger partial charge in [-0.2, -0.15) is 5.26 Å². The molecule has 0 aliphatic heterocycles. The lowest BCUT2D eigenvalue weighted by molar-refractivity contribution is -0.118. The zero-order valence-electron chi connectivity index (χ0n) is 11.7. The van der Waals surface area contributed by atoms with E-state index in [0.29, 0.717) is 5.92 Å². The van der Waals surface area contributed by atoms with Crippen molar-refractivity contribution in [1.82, 2.24) is 10.3 Å². The van der Waals surface area contributed by atoms with Crippen LogP contribution in [-0.2, 0) is 4.79 Å². The Balaban J connectivity index is 2.06. The van der Waals surface area contributed by atoms with Gasteiger partial charge >= 0.3 is 0 Å². The van der Waals surface area contributed by atoms with Crippen molar-refractivity contribution >= 4 is 12.0 Å². The van der Waals surface area contributed by atoms with Gasteiger partial charge in [-0.25, -0.2) is 0 Å². The number of carbonyl (C=O) groups excluding carboxylic acids is 1. The van der Waals surface area contributed by atoms with Gasteiger partial charge in [-0.15, -0.1) is 0 Å². The molecule has 0 spiro atoms. The fourth-order valence-corrected chi connectivity index (χ4v) is 2.55. The molecule has 2 atom stereocenters. The number of hydrogen-bond acceptors (Lipinski definition) is 3. The third-order valence-electron chi connectivity index (χ3n) is 3.81. The molecule has 0 bridgehead atoms. The highest BCUT2D eigenvalue weighted by Gasteiger charge is 2.23. The molecule has 1 amide bonds. The third kappa shape index (κ3) is 3.67. The van der Waals surface area contributed by atoms with Crippen molar-refractivity contribution in [2.45, 2.75) is 38.6 Å². The van der Waals surface area contributed by atoms with Crippen molar-refractivity contribution in [2.75, 3.05) is 0 Å². The van der Waals surface area contributed by atoms with E-state index in [1.54, 1.807) is 30.6 Å². The molecule has 0 unspecified atom stereocenters. The summed E-state index contributed by atoms with van der Waals surface area (Å²) < 4.78 is 0. The molecule has 1 fully saturated rings. The minimum Gasteiger partial charge on any atom is -0.348 e. The van der Waals surface area contributed by atoms with Gasteiger partial charge in [-0.05, 0) is 42.5 Å². The summed E-state index contributed by atoms with van der Waals surface area (Å²) in [6.45, 7) is 2.16. The van der Waals surface area contributed by atoms with E-state index in [0.717, 1.165) is 24.8 Å². The van der Waals surface area contributed by atoms with E-state index < -0.39 is 0 Å². The van der Waals surface area contributed by atoms with Crippen molar-refractivity contribution in [1.29, 1.82) is 5.26 Å². The summed E-state index contributed by atoms with van der Waals surface area (Å²) in [6.07, 6.45) is 9.40. The first-order chi connectivity index (χ1) is 9.70. The molecule has 4 nitrogen and oxygen atoms in total. The Morgan fingerprint density at radius 1 is 1.40 bits per heavy atom. The van der Waals surface area contributed by atoms with Crippen molar-refractivity contribution in [2.24, 2.45) is 5.92 Å². The Morgan fingerprint density at radius 2 is 2.10 bits per heavy atom. The number of hydrogen-bond donors (Lipinski definition) is 1. The van der Waals surface area contributed by atoms with Gasteiger partial charge in [0.15, 0.2) is 0 Å². The second kappa shape index (κ2) is 6.85. The highest BCUT2D eigenvalue weighted by molar-refractivity contribution is 6.01. The number of pyridine rings is 1. The van der Waals surface area contributed by atoms with E-state index in [4.69, 9.17) is 5.26 Å². The van der Waals surface area contributed by atoms with Gasteiger partial charge in [0.2, 0.25) is 0 Å². The van der Waals surface area contributed by atoms with Gasteiger partial charge in [0.25, 0.3) is 5.91 Å². The predicted octanol–water partition coefficient (Wildman–Crippen LogP) is 2.68. The van der Waals surface area contributed by atoms with Crippen LogP contribution in [0.3, 0.4) is 0 Å². The number of aromatic nitrogens is 1. The van der Waals surface area contributed by atoms with Crippen molar-refractivity contribution < 1.29 is 4.79 Å². The zero-order chi connectivity index (χ0) is 14.4. The summed E-state index contributed by atoms with van der Waals surface area (Å²) in [5, 5.41) is 12.2. The Hall–Kier alpha value is -2.15. The summed E-state index contributed by atoms with van der Waals surface area (Å²) >= 11 is 0. The smallest absolute Gasteiger partial charge is 0.262 e. The lowest BCUT2D eigenvalue weighted by Crippen LogP contribution is -2.41. The first kappa shape index (κ1) is 14.3. The highest BCUT2D eigenvalue weighted by Crippen LogP contribution is 2.24. The second-order valence-electron chi connectivity index (χ2n) is 5.29. The Labute approximate surface area is 119 Å². The van der Waals surface area contributed by atoms with E-state index in [-0.39, 0.29) is 17.5 Å². The molecule has 1 aromatic heterocycles. The second-order valence-corrected chi connectivity index (χ2v) is 5.29. The largest absolute Gasteiger partial charge is 0.348 e. The van der Waals surface area contributed by atoms with Crippen LogP contribution in [0.4, 0.5) is 0 Å². The molecule has 104 valence electrons. The van der Waals surface area contributed by atoms with Crippen LogP contribution in [0.1, 0.15) is 38.2 Å². The maximum atomic E-state index is 12.2. The average Bonchev–Trinajstić information content (AvgIpc) is 2.48. The first-order valence-electron chi connectivity index (χ1n) is 7.03. The van der Waals surface area contributed by atoms with Gasteiger partial charge in [-0.3, -0.25) is 9.78 Å². The zero-order valence-corrected chi connectivity index (χ0v) is 11.7. The number of rotatable bonds is 3. The number of amides is 1. The first-order valence-corrected chi connectivity index (χ1v) is 7.03. The number of nitriles is 1. The van der Waals surface area contributed by atoms with E-state index in [1.807, 2.05) is 6.07 Å². The Bertz CT molecular complexity index is 530. The maximum absolute atomic E-state index is 12.2. The predicted molar refractivity (Wildman–Crippen MR) is 77.4 cm³/mol. The van der Waals surface area contributed by atoms with Crippen LogP contribution in [0.5, 0.6) is 0 Å². The van der Waals surface area contributed by atoms with Crippen LogP contribution in [0, 0.1) is 17.2 Å². The molecule has 0 radical (unpaired) electrons. The summed E-state index contributed by atoms with van der Waals surface area (Å²) in [6, 6.07) is 5.71. The molecule has 0 aromatic carbocycles. The topological polar surface area (TPSA) is 65.8 Å². The summed E-state index contributed by atoms with van der Waals surface area (Å²) in [7, 11) is 0. The van der Waals surface area contributed by atoms with Gasteiger partial charge in [0.1, 0.15) is 11.6 Å². The molecular formula is C16H19N3O. The monoisotopic (exact) mass is 269 g/mol. The van der Waals surface area contributed by atoms with Gasteiger partial charge < -0.3 is 5.32 Å². The molecule has 4 heteroatoms. The fourth-order valence-electron chi connectivity index (χ4n) is 2.55. The van der Waals surface area contributed by atoms with Gasteiger partial charge in [0.05, 0.1) is 0 Å². The van der Waals surface area contributed by atoms with Crippen LogP contribution >= 0.6 is 0 Å². The van der Waals surface area contributed by atoms with Gasteiger partial charge in [-0.1, -0.05) is 19.8 Å². The maximum Gasteiger partial charge on any atom is 0.262 e. The van der Waals surface area contributed by atoms with Crippen LogP contribution in [0.25, 0.3) is 6.08 Å². The molecule has 1 aliphatic rings. The highest BCUT2D eigenvalue weighted by atomic mass is 16.1. The molecule has 1 saturated carbocycles. The number of carbonyl (C=O) groups is 1. The number of nitrogens with zero attached hydrogens (tertiary/aromatic N) is 2. The van der Waals surface area contributed by atoms with E-state index >= 15 is 0 Å². The summed E-state index contributed by atoms with van der Waals surface area (Å²) in [5.41, 5.74) is 0.956. The van der Waals surface area contributed by atoms with E-state index in [2.05, 4.69) is 17.2 Å². The molecule has 0 saturated heterocycles. The lowest BCUT2D eigenvalue weighted by Gasteiger charge is -2.29. The summed E-state index contributed by atoms with van der Waals surface area (Å²) in [4.78, 5) is 16.1. The molecule has 1 aliphatic carbocycles. The van der Waals surface area contributed by atoms with Crippen molar-refractivity contribution in [3.8, 4) is 6.07 Å². The summed E-state index contributed by atoms with van der Waals surface area (Å²) in [5.74, 6) is 0.205. The molecule has 20 heavy (non-hydrogen) atoms. The molecule has 1 heterocycles. The van der Waals surface area contributed by atoms with E-state index in [9.17, 15) is 4.79 Å². The molecule has 1 N–H and O–H groups in total. The molecular weight excluding hydrogens is 250 g/mol. The molecule has 1 aromatic rings. The SMILES string of the molecule is C[C@H]1CCCC[C@H]1NC(=O)/C(C#N)=C/c1ccncc1. The van der Waals surface area contributed by atoms with E-state index in [1.165, 1.54) is 6.42 Å². The minimum absolute atomic E-state index is 0.147. The number of nitrogens with one attached hydrogen (secondary N) is 1. The minimum atomic E-state index is -0.275. The van der Waals surface area contributed by atoms with Crippen LogP contribution in [0.15, 0.2) is 30.1 Å². The normalized spacial score (nSPS) is 22.9. The van der Waals surface area contributed by atoms with Gasteiger partial charge in [0, 0.05) is 18.4 Å². The average molecular weight is 269 g/mol. The third-order valence-corrected chi connectivity index (χ3v) is 3.81. The Morgan fingerprint density at radius 3 is 2.75 bits per heavy atom. The quantitative estimate of drug-likeness (QED) is 0.677. The Kier molecular flexibility index (Phi) is 4.89. The fraction of sp³-hybridized carbons (Fsp3) is 0.438. The van der Waals surface area contributed by atoms with Crippen LogP contribution in [0.2, 0.25) is 0 Å². The van der Waals surface area contributed by atoms with Crippen molar-refractivity contribution in [3.05, 3.63) is 35.7 Å². The van der Waals surface area contributed by atoms with Crippen molar-refractivity contribution in [3.63, 3.8) is 0 Å².